The van der Waals surface area contributed by atoms with Crippen LogP contribution in [0.2, 0.25) is 0 Å². The van der Waals surface area contributed by atoms with Crippen molar-refractivity contribution in [2.75, 3.05) is 22.9 Å². The minimum absolute atomic E-state index is 0.0117. The third-order valence-electron chi connectivity index (χ3n) is 8.37. The number of fused-ring (bicyclic) bond motifs is 1. The van der Waals surface area contributed by atoms with E-state index in [0.29, 0.717) is 47.9 Å². The number of halogens is 2. The third kappa shape index (κ3) is 7.30. The highest BCUT2D eigenvalue weighted by atomic mass is 19.1. The lowest BCUT2D eigenvalue weighted by Crippen LogP contribution is -2.59. The first-order valence-corrected chi connectivity index (χ1v) is 15.2. The van der Waals surface area contributed by atoms with Gasteiger partial charge in [-0.05, 0) is 85.0 Å². The number of carbonyl (C=O) groups is 4. The van der Waals surface area contributed by atoms with Crippen LogP contribution in [0.15, 0.2) is 66.7 Å². The Kier molecular flexibility index (Phi) is 8.51. The second-order valence-corrected chi connectivity index (χ2v) is 12.2. The number of carbonyl (C=O) groups excluding carboxylic acids is 4. The molecule has 234 valence electrons. The van der Waals surface area contributed by atoms with Gasteiger partial charge in [-0.1, -0.05) is 24.3 Å². The summed E-state index contributed by atoms with van der Waals surface area (Å²) in [6.45, 7) is 0.843. The molecule has 0 radical (unpaired) electrons. The van der Waals surface area contributed by atoms with Gasteiger partial charge in [0.15, 0.2) is 6.04 Å². The summed E-state index contributed by atoms with van der Waals surface area (Å²) in [4.78, 5) is 58.3. The van der Waals surface area contributed by atoms with Crippen LogP contribution in [0.1, 0.15) is 36.8 Å². The number of nitrogens with zero attached hydrogens (tertiary/aromatic N) is 2. The Morgan fingerprint density at radius 1 is 0.800 bits per heavy atom. The van der Waals surface area contributed by atoms with Gasteiger partial charge in [0, 0.05) is 25.6 Å². The Labute approximate surface area is 259 Å². The van der Waals surface area contributed by atoms with E-state index < -0.39 is 53.8 Å². The van der Waals surface area contributed by atoms with Gasteiger partial charge in [0.2, 0.25) is 11.8 Å². The van der Waals surface area contributed by atoms with E-state index in [-0.39, 0.29) is 17.7 Å². The van der Waals surface area contributed by atoms with E-state index in [1.807, 2.05) is 24.3 Å². The van der Waals surface area contributed by atoms with Gasteiger partial charge in [-0.3, -0.25) is 19.2 Å². The van der Waals surface area contributed by atoms with Crippen molar-refractivity contribution in [1.82, 2.24) is 10.6 Å². The lowest BCUT2D eigenvalue weighted by atomic mass is 10.0. The fourth-order valence-electron chi connectivity index (χ4n) is 5.66. The van der Waals surface area contributed by atoms with Crippen LogP contribution in [-0.2, 0) is 32.0 Å². The smallest absolute Gasteiger partial charge is 0.259 e. The van der Waals surface area contributed by atoms with E-state index in [2.05, 4.69) is 10.6 Å². The molecule has 2 fully saturated rings. The molecule has 3 aromatic rings. The van der Waals surface area contributed by atoms with Crippen LogP contribution in [0.5, 0.6) is 5.75 Å². The highest BCUT2D eigenvalue weighted by Crippen LogP contribution is 2.40. The SMILES string of the molecule is O=C(Cc1cc(F)cc(F)c1)N[C@@H](Cc1ccc(O)cc1)C(=O)NC1C(=O)N(CC2CC2)c2ccccc2N(CC2CC2)C1=O. The zero-order valence-electron chi connectivity index (χ0n) is 24.5. The number of phenolic OH excluding ortho intramolecular Hbond substituents is 1. The molecule has 2 saturated carbocycles. The van der Waals surface area contributed by atoms with Gasteiger partial charge >= 0.3 is 0 Å². The van der Waals surface area contributed by atoms with Crippen LogP contribution < -0.4 is 20.4 Å². The molecule has 3 N–H and O–H groups in total. The average Bonchev–Trinajstić information content (AvgIpc) is 3.93. The number of hydrogen-bond donors (Lipinski definition) is 3. The number of hydrogen-bond acceptors (Lipinski definition) is 5. The Balaban J connectivity index is 1.28. The molecular weight excluding hydrogens is 582 g/mol. The van der Waals surface area contributed by atoms with Gasteiger partial charge in [-0.25, -0.2) is 8.78 Å². The standard InChI is InChI=1S/C34H34F2N4O5/c35-24-13-23(14-25(36)17-24)16-30(42)37-27(15-20-9-11-26(41)12-10-20)32(43)38-31-33(44)39(18-21-5-6-21)28-3-1-2-4-29(28)40(34(31)45)19-22-7-8-22/h1-4,9-14,17,21-22,27,31,41H,5-8,15-16,18-19H2,(H,37,42)(H,38,43)/t27-/m0/s1. The average molecular weight is 617 g/mol. The summed E-state index contributed by atoms with van der Waals surface area (Å²) in [6.07, 6.45) is 3.44. The first-order valence-electron chi connectivity index (χ1n) is 15.2. The molecule has 3 aromatic carbocycles. The number of rotatable bonds is 11. The van der Waals surface area contributed by atoms with Gasteiger partial charge in [-0.15, -0.1) is 0 Å². The van der Waals surface area contributed by atoms with E-state index in [4.69, 9.17) is 0 Å². The largest absolute Gasteiger partial charge is 0.508 e. The lowest BCUT2D eigenvalue weighted by molar-refractivity contribution is -0.135. The zero-order valence-corrected chi connectivity index (χ0v) is 24.5. The molecule has 0 spiro atoms. The first kappa shape index (κ1) is 30.2. The molecule has 1 heterocycles. The molecular formula is C34H34F2N4O5. The number of para-hydroxylation sites is 2. The van der Waals surface area contributed by atoms with Gasteiger partial charge in [0.1, 0.15) is 23.4 Å². The van der Waals surface area contributed by atoms with Crippen molar-refractivity contribution in [3.05, 3.63) is 89.5 Å². The van der Waals surface area contributed by atoms with Crippen LogP contribution in [0.3, 0.4) is 0 Å². The van der Waals surface area contributed by atoms with Crippen LogP contribution in [0.4, 0.5) is 20.2 Å². The van der Waals surface area contributed by atoms with Gasteiger partial charge < -0.3 is 25.5 Å². The van der Waals surface area contributed by atoms with Gasteiger partial charge in [0.05, 0.1) is 17.8 Å². The molecule has 45 heavy (non-hydrogen) atoms. The highest BCUT2D eigenvalue weighted by molar-refractivity contribution is 6.21. The molecule has 3 aliphatic rings. The second-order valence-electron chi connectivity index (χ2n) is 12.2. The number of anilines is 2. The monoisotopic (exact) mass is 616 g/mol. The molecule has 0 saturated heterocycles. The van der Waals surface area contributed by atoms with Crippen molar-refractivity contribution in [1.29, 1.82) is 0 Å². The molecule has 9 nitrogen and oxygen atoms in total. The molecule has 1 aliphatic heterocycles. The van der Waals surface area contributed by atoms with Crippen molar-refractivity contribution < 1.29 is 33.1 Å². The molecule has 6 rings (SSSR count). The summed E-state index contributed by atoms with van der Waals surface area (Å²) >= 11 is 0. The fourth-order valence-corrected chi connectivity index (χ4v) is 5.66. The van der Waals surface area contributed by atoms with Crippen molar-refractivity contribution >= 4 is 35.0 Å². The van der Waals surface area contributed by atoms with Crippen molar-refractivity contribution in [2.45, 2.75) is 50.6 Å². The molecule has 2 aliphatic carbocycles. The van der Waals surface area contributed by atoms with Crippen LogP contribution in [0.25, 0.3) is 0 Å². The van der Waals surface area contributed by atoms with E-state index in [1.54, 1.807) is 21.9 Å². The van der Waals surface area contributed by atoms with Gasteiger partial charge in [-0.2, -0.15) is 0 Å². The summed E-state index contributed by atoms with van der Waals surface area (Å²) in [5.41, 5.74) is 1.90. The number of nitrogens with one attached hydrogen (secondary N) is 2. The fraction of sp³-hybridized carbons (Fsp3) is 0.353. The Bertz CT molecular complexity index is 1550. The van der Waals surface area contributed by atoms with Crippen molar-refractivity contribution in [3.63, 3.8) is 0 Å². The quantitative estimate of drug-likeness (QED) is 0.285. The summed E-state index contributed by atoms with van der Waals surface area (Å²) in [7, 11) is 0. The zero-order chi connectivity index (χ0) is 31.7. The molecule has 4 amide bonds. The van der Waals surface area contributed by atoms with E-state index >= 15 is 0 Å². The molecule has 1 atom stereocenters. The maximum Gasteiger partial charge on any atom is 0.259 e. The molecule has 0 aromatic heterocycles. The van der Waals surface area contributed by atoms with Crippen LogP contribution in [0, 0.1) is 23.5 Å². The lowest BCUT2D eigenvalue weighted by Gasteiger charge is -2.26. The Hall–Kier alpha value is -4.80. The van der Waals surface area contributed by atoms with E-state index in [1.165, 1.54) is 12.1 Å². The van der Waals surface area contributed by atoms with E-state index in [0.717, 1.165) is 37.8 Å². The number of phenols is 1. The van der Waals surface area contributed by atoms with E-state index in [9.17, 15) is 33.1 Å². The number of benzene rings is 3. The summed E-state index contributed by atoms with van der Waals surface area (Å²) in [5, 5.41) is 15.0. The minimum Gasteiger partial charge on any atom is -0.508 e. The predicted octanol–water partition coefficient (Wildman–Crippen LogP) is 3.63. The number of amides is 4. The molecule has 0 bridgehead atoms. The van der Waals surface area contributed by atoms with Crippen molar-refractivity contribution in [2.24, 2.45) is 11.8 Å². The molecule has 0 unspecified atom stereocenters. The normalized spacial score (nSPS) is 17.5. The summed E-state index contributed by atoms with van der Waals surface area (Å²) < 4.78 is 27.5. The first-order chi connectivity index (χ1) is 21.6. The summed E-state index contributed by atoms with van der Waals surface area (Å²) in [6, 6.07) is 13.3. The molecule has 11 heteroatoms. The van der Waals surface area contributed by atoms with Crippen LogP contribution >= 0.6 is 0 Å². The minimum atomic E-state index is -1.53. The van der Waals surface area contributed by atoms with Crippen LogP contribution in [-0.4, -0.2) is 53.9 Å². The number of aromatic hydroxyl groups is 1. The second kappa shape index (κ2) is 12.7. The predicted molar refractivity (Wildman–Crippen MR) is 162 cm³/mol. The Morgan fingerprint density at radius 3 is 1.84 bits per heavy atom. The topological polar surface area (TPSA) is 119 Å². The third-order valence-corrected chi connectivity index (χ3v) is 8.37. The Morgan fingerprint density at radius 2 is 1.33 bits per heavy atom. The highest BCUT2D eigenvalue weighted by Gasteiger charge is 2.44. The maximum absolute atomic E-state index is 14.1. The van der Waals surface area contributed by atoms with Crippen molar-refractivity contribution in [3.8, 4) is 5.75 Å². The summed E-state index contributed by atoms with van der Waals surface area (Å²) in [5.74, 6) is -3.60. The maximum atomic E-state index is 14.1. The van der Waals surface area contributed by atoms with Gasteiger partial charge in [0.25, 0.3) is 11.8 Å².